The number of aliphatic carboxylic acids is 1. The van der Waals surface area contributed by atoms with Gasteiger partial charge >= 0.3 is 5.97 Å². The van der Waals surface area contributed by atoms with Crippen molar-refractivity contribution in [2.45, 2.75) is 34.1 Å². The summed E-state index contributed by atoms with van der Waals surface area (Å²) in [6.45, 7) is 7.56. The molecular formula is C7H16O2. The molecule has 1 atom stereocenters. The average molecular weight is 132 g/mol. The van der Waals surface area contributed by atoms with Gasteiger partial charge in [-0.25, -0.2) is 0 Å². The van der Waals surface area contributed by atoms with E-state index < -0.39 is 5.97 Å². The van der Waals surface area contributed by atoms with Crippen molar-refractivity contribution in [3.05, 3.63) is 0 Å². The normalized spacial score (nSPS) is 11.1. The molecule has 0 radical (unpaired) electrons. The molecule has 0 aliphatic rings. The Morgan fingerprint density at radius 3 is 1.89 bits per heavy atom. The van der Waals surface area contributed by atoms with Gasteiger partial charge in [-0.2, -0.15) is 0 Å². The minimum absolute atomic E-state index is 0.181. The molecule has 56 valence electrons. The monoisotopic (exact) mass is 132 g/mol. The molecule has 2 nitrogen and oxygen atoms in total. The summed E-state index contributed by atoms with van der Waals surface area (Å²) >= 11 is 0. The first kappa shape index (κ1) is 11.3. The van der Waals surface area contributed by atoms with E-state index in [0.717, 1.165) is 6.42 Å². The Balaban J connectivity index is 0. The number of hydrogen-bond donors (Lipinski definition) is 1. The van der Waals surface area contributed by atoms with Crippen LogP contribution in [0, 0.1) is 5.92 Å². The van der Waals surface area contributed by atoms with E-state index >= 15 is 0 Å². The second kappa shape index (κ2) is 7.47. The van der Waals surface area contributed by atoms with Gasteiger partial charge in [0.1, 0.15) is 0 Å². The van der Waals surface area contributed by atoms with Crippen molar-refractivity contribution in [2.24, 2.45) is 5.92 Å². The maximum atomic E-state index is 9.93. The smallest absolute Gasteiger partial charge is 0.306 e. The Hall–Kier alpha value is -0.530. The molecule has 0 heterocycles. The summed E-state index contributed by atoms with van der Waals surface area (Å²) in [6.07, 6.45) is 0.718. The molecule has 0 aromatic heterocycles. The van der Waals surface area contributed by atoms with Crippen LogP contribution < -0.4 is 0 Å². The maximum absolute atomic E-state index is 9.93. The second-order valence-corrected chi connectivity index (χ2v) is 1.65. The van der Waals surface area contributed by atoms with Gasteiger partial charge in [-0.3, -0.25) is 4.79 Å². The Labute approximate surface area is 56.9 Å². The predicted molar refractivity (Wildman–Crippen MR) is 38.4 cm³/mol. The molecule has 2 heteroatoms. The molecule has 0 aromatic carbocycles. The highest BCUT2D eigenvalue weighted by Gasteiger charge is 2.05. The van der Waals surface area contributed by atoms with Crippen LogP contribution in [-0.2, 0) is 4.79 Å². The highest BCUT2D eigenvalue weighted by atomic mass is 16.4. The van der Waals surface area contributed by atoms with Crippen LogP contribution >= 0.6 is 0 Å². The molecule has 0 fully saturated rings. The number of hydrogen-bond acceptors (Lipinski definition) is 1. The van der Waals surface area contributed by atoms with Crippen molar-refractivity contribution in [3.8, 4) is 0 Å². The molecule has 9 heavy (non-hydrogen) atoms. The summed E-state index contributed by atoms with van der Waals surface area (Å²) in [4.78, 5) is 9.93. The lowest BCUT2D eigenvalue weighted by molar-refractivity contribution is -0.141. The summed E-state index contributed by atoms with van der Waals surface area (Å²) in [7, 11) is 0. The summed E-state index contributed by atoms with van der Waals surface area (Å²) in [6, 6.07) is 0. The van der Waals surface area contributed by atoms with Crippen LogP contribution in [0.3, 0.4) is 0 Å². The molecule has 0 aliphatic carbocycles. The number of carboxylic acids is 1. The van der Waals surface area contributed by atoms with E-state index in [1.165, 1.54) is 0 Å². The van der Waals surface area contributed by atoms with E-state index in [9.17, 15) is 4.79 Å². The third kappa shape index (κ3) is 7.47. The molecule has 0 rings (SSSR count). The van der Waals surface area contributed by atoms with Crippen LogP contribution in [-0.4, -0.2) is 11.1 Å². The zero-order valence-electron chi connectivity index (χ0n) is 6.64. The van der Waals surface area contributed by atoms with Crippen molar-refractivity contribution in [1.29, 1.82) is 0 Å². The van der Waals surface area contributed by atoms with Gasteiger partial charge < -0.3 is 5.11 Å². The largest absolute Gasteiger partial charge is 0.481 e. The average Bonchev–Trinajstić information content (AvgIpc) is 1.91. The Bertz CT molecular complexity index is 69.3. The van der Waals surface area contributed by atoms with Crippen molar-refractivity contribution in [2.75, 3.05) is 0 Å². The van der Waals surface area contributed by atoms with Crippen LogP contribution in [0.4, 0.5) is 0 Å². The summed E-state index contributed by atoms with van der Waals surface area (Å²) in [5, 5.41) is 8.18. The summed E-state index contributed by atoms with van der Waals surface area (Å²) in [5.74, 6) is -0.887. The number of carboxylic acid groups (broad SMARTS) is 1. The maximum Gasteiger partial charge on any atom is 0.306 e. The van der Waals surface area contributed by atoms with Gasteiger partial charge in [0, 0.05) is 0 Å². The molecular weight excluding hydrogens is 116 g/mol. The van der Waals surface area contributed by atoms with Crippen LogP contribution in [0.25, 0.3) is 0 Å². The molecule has 1 N–H and O–H groups in total. The van der Waals surface area contributed by atoms with Crippen molar-refractivity contribution < 1.29 is 9.90 Å². The fourth-order valence-corrected chi connectivity index (χ4v) is 0.175. The van der Waals surface area contributed by atoms with E-state index in [-0.39, 0.29) is 5.92 Å². The van der Waals surface area contributed by atoms with Gasteiger partial charge in [-0.15, -0.1) is 0 Å². The van der Waals surface area contributed by atoms with Gasteiger partial charge in [-0.1, -0.05) is 27.7 Å². The van der Waals surface area contributed by atoms with Crippen LogP contribution in [0.1, 0.15) is 34.1 Å². The lowest BCUT2D eigenvalue weighted by Gasteiger charge is -1.96. The lowest BCUT2D eigenvalue weighted by Crippen LogP contribution is -2.06. The molecule has 0 saturated heterocycles. The third-order valence-corrected chi connectivity index (χ3v) is 1.03. The first-order valence-corrected chi connectivity index (χ1v) is 3.41. The van der Waals surface area contributed by atoms with Crippen molar-refractivity contribution >= 4 is 5.97 Å². The molecule has 0 aromatic rings. The third-order valence-electron chi connectivity index (χ3n) is 1.03. The predicted octanol–water partition coefficient (Wildman–Crippen LogP) is 2.14. The van der Waals surface area contributed by atoms with E-state index in [2.05, 4.69) is 0 Å². The van der Waals surface area contributed by atoms with Gasteiger partial charge in [0.05, 0.1) is 5.92 Å². The first-order chi connectivity index (χ1) is 4.18. The zero-order valence-corrected chi connectivity index (χ0v) is 6.64. The molecule has 0 aliphatic heterocycles. The Morgan fingerprint density at radius 1 is 1.56 bits per heavy atom. The van der Waals surface area contributed by atoms with Crippen LogP contribution in [0.2, 0.25) is 0 Å². The number of carbonyl (C=O) groups is 1. The molecule has 0 spiro atoms. The van der Waals surface area contributed by atoms with E-state index in [4.69, 9.17) is 5.11 Å². The van der Waals surface area contributed by atoms with Gasteiger partial charge in [-0.05, 0) is 6.42 Å². The quantitative estimate of drug-likeness (QED) is 0.625. The molecule has 0 saturated carbocycles. The Morgan fingerprint density at radius 2 is 1.89 bits per heavy atom. The van der Waals surface area contributed by atoms with E-state index in [1.807, 2.05) is 20.8 Å². The zero-order chi connectivity index (χ0) is 7.86. The molecule has 0 amide bonds. The topological polar surface area (TPSA) is 37.3 Å². The highest BCUT2D eigenvalue weighted by Crippen LogP contribution is 1.97. The van der Waals surface area contributed by atoms with E-state index in [1.54, 1.807) is 6.92 Å². The highest BCUT2D eigenvalue weighted by molar-refractivity contribution is 5.69. The fourth-order valence-electron chi connectivity index (χ4n) is 0.175. The van der Waals surface area contributed by atoms with E-state index in [0.29, 0.717) is 0 Å². The van der Waals surface area contributed by atoms with Crippen molar-refractivity contribution in [1.82, 2.24) is 0 Å². The lowest BCUT2D eigenvalue weighted by atomic mass is 10.1. The summed E-state index contributed by atoms with van der Waals surface area (Å²) in [5.41, 5.74) is 0. The molecule has 1 unspecified atom stereocenters. The standard InChI is InChI=1S/C5H10O2.C2H6/c1-3-4(2)5(6)7;1-2/h4H,3H2,1-2H3,(H,6,7);1-2H3. The number of rotatable bonds is 2. The minimum atomic E-state index is -0.706. The van der Waals surface area contributed by atoms with Gasteiger partial charge in [0.15, 0.2) is 0 Å². The summed E-state index contributed by atoms with van der Waals surface area (Å²) < 4.78 is 0. The molecule has 0 bridgehead atoms. The van der Waals surface area contributed by atoms with Crippen LogP contribution in [0.15, 0.2) is 0 Å². The minimum Gasteiger partial charge on any atom is -0.481 e. The Kier molecular flexibility index (Phi) is 9.37. The SMILES string of the molecule is CC.CCC(C)C(=O)O. The second-order valence-electron chi connectivity index (χ2n) is 1.65. The fraction of sp³-hybridized carbons (Fsp3) is 0.857. The van der Waals surface area contributed by atoms with Crippen LogP contribution in [0.5, 0.6) is 0 Å². The van der Waals surface area contributed by atoms with Crippen molar-refractivity contribution in [3.63, 3.8) is 0 Å². The van der Waals surface area contributed by atoms with Gasteiger partial charge in [0.25, 0.3) is 0 Å². The first-order valence-electron chi connectivity index (χ1n) is 3.41. The van der Waals surface area contributed by atoms with Gasteiger partial charge in [0.2, 0.25) is 0 Å².